The zero-order valence-electron chi connectivity index (χ0n) is 13.7. The van der Waals surface area contributed by atoms with E-state index in [1.165, 1.54) is 33.5 Å². The Kier molecular flexibility index (Phi) is 5.09. The first-order valence-corrected chi connectivity index (χ1v) is 10.3. The Labute approximate surface area is 164 Å². The number of hydrogen-bond acceptors (Lipinski definition) is 4. The molecule has 7 heteroatoms. The zero-order valence-corrected chi connectivity index (χ0v) is 16.1. The molecule has 26 heavy (non-hydrogen) atoms. The van der Waals surface area contributed by atoms with Gasteiger partial charge in [-0.2, -0.15) is 0 Å². The van der Waals surface area contributed by atoms with Crippen molar-refractivity contribution in [2.75, 3.05) is 18.4 Å². The third-order valence-electron chi connectivity index (χ3n) is 4.43. The lowest BCUT2D eigenvalue weighted by atomic mass is 9.98. The van der Waals surface area contributed by atoms with E-state index in [4.69, 9.17) is 11.6 Å². The van der Waals surface area contributed by atoms with Crippen molar-refractivity contribution in [2.24, 2.45) is 0 Å². The predicted octanol–water partition coefficient (Wildman–Crippen LogP) is 5.19. The Hall–Kier alpha value is -1.73. The van der Waals surface area contributed by atoms with E-state index in [1.807, 2.05) is 6.07 Å². The van der Waals surface area contributed by atoms with E-state index in [0.717, 1.165) is 13.0 Å². The van der Waals surface area contributed by atoms with Crippen LogP contribution in [0.25, 0.3) is 0 Å². The number of thiophene rings is 2. The smallest absolute Gasteiger partial charge is 0.238 e. The lowest BCUT2D eigenvalue weighted by Crippen LogP contribution is -2.40. The predicted molar refractivity (Wildman–Crippen MR) is 106 cm³/mol. The molecule has 0 spiro atoms. The molecule has 1 aliphatic rings. The zero-order chi connectivity index (χ0) is 18.1. The first-order chi connectivity index (χ1) is 12.6. The molecule has 0 saturated heterocycles. The maximum atomic E-state index is 13.2. The molecule has 0 radical (unpaired) electrons. The van der Waals surface area contributed by atoms with E-state index >= 15 is 0 Å². The van der Waals surface area contributed by atoms with Crippen LogP contribution >= 0.6 is 34.3 Å². The fourth-order valence-corrected chi connectivity index (χ4v) is 5.28. The van der Waals surface area contributed by atoms with E-state index in [9.17, 15) is 9.18 Å². The van der Waals surface area contributed by atoms with Crippen LogP contribution in [0.3, 0.4) is 0 Å². The van der Waals surface area contributed by atoms with Crippen molar-refractivity contribution < 1.29 is 9.18 Å². The number of halogens is 2. The van der Waals surface area contributed by atoms with Gasteiger partial charge in [-0.05, 0) is 53.1 Å². The summed E-state index contributed by atoms with van der Waals surface area (Å²) in [5.74, 6) is -0.578. The van der Waals surface area contributed by atoms with E-state index < -0.39 is 5.82 Å². The van der Waals surface area contributed by atoms with Gasteiger partial charge < -0.3 is 5.32 Å². The Bertz CT molecular complexity index is 926. The normalized spacial score (nSPS) is 17.1. The SMILES string of the molecule is O=C(CN1CCc2sccc2[C@@H]1c1cccs1)Nc1ccc(F)cc1Cl. The van der Waals surface area contributed by atoms with Crippen molar-refractivity contribution >= 4 is 45.9 Å². The number of rotatable bonds is 4. The summed E-state index contributed by atoms with van der Waals surface area (Å²) in [6, 6.07) is 10.4. The van der Waals surface area contributed by atoms with Gasteiger partial charge in [0, 0.05) is 16.3 Å². The van der Waals surface area contributed by atoms with Crippen LogP contribution in [0.1, 0.15) is 21.4 Å². The maximum absolute atomic E-state index is 13.2. The van der Waals surface area contributed by atoms with Crippen LogP contribution in [0, 0.1) is 5.82 Å². The van der Waals surface area contributed by atoms with E-state index in [1.54, 1.807) is 22.7 Å². The first-order valence-electron chi connectivity index (χ1n) is 8.20. The Morgan fingerprint density at radius 3 is 2.92 bits per heavy atom. The summed E-state index contributed by atoms with van der Waals surface area (Å²) in [5, 5.41) is 7.18. The maximum Gasteiger partial charge on any atom is 0.238 e. The third-order valence-corrected chi connectivity index (χ3v) is 6.66. The second kappa shape index (κ2) is 7.48. The van der Waals surface area contributed by atoms with Crippen LogP contribution in [0.5, 0.6) is 0 Å². The van der Waals surface area contributed by atoms with Gasteiger partial charge in [0.05, 0.1) is 23.3 Å². The summed E-state index contributed by atoms with van der Waals surface area (Å²) in [5.41, 5.74) is 1.72. The Morgan fingerprint density at radius 1 is 1.27 bits per heavy atom. The summed E-state index contributed by atoms with van der Waals surface area (Å²) in [6.07, 6.45) is 0.944. The van der Waals surface area contributed by atoms with E-state index in [-0.39, 0.29) is 23.5 Å². The van der Waals surface area contributed by atoms with Crippen molar-refractivity contribution in [2.45, 2.75) is 12.5 Å². The Morgan fingerprint density at radius 2 is 2.15 bits per heavy atom. The van der Waals surface area contributed by atoms with Gasteiger partial charge in [0.15, 0.2) is 0 Å². The highest BCUT2D eigenvalue weighted by Crippen LogP contribution is 2.39. The second-order valence-corrected chi connectivity index (χ2v) is 8.50. The van der Waals surface area contributed by atoms with Gasteiger partial charge in [-0.15, -0.1) is 22.7 Å². The summed E-state index contributed by atoms with van der Waals surface area (Å²) in [6.45, 7) is 1.08. The van der Waals surface area contributed by atoms with Crippen molar-refractivity contribution in [3.8, 4) is 0 Å². The first kappa shape index (κ1) is 17.7. The number of nitrogens with zero attached hydrogens (tertiary/aromatic N) is 1. The molecule has 134 valence electrons. The Balaban J connectivity index is 1.54. The summed E-state index contributed by atoms with van der Waals surface area (Å²) in [4.78, 5) is 17.4. The van der Waals surface area contributed by atoms with Crippen molar-refractivity contribution in [1.82, 2.24) is 4.90 Å². The van der Waals surface area contributed by atoms with Crippen LogP contribution in [-0.4, -0.2) is 23.9 Å². The molecule has 3 nitrogen and oxygen atoms in total. The molecule has 4 rings (SSSR count). The summed E-state index contributed by atoms with van der Waals surface area (Å²) in [7, 11) is 0. The fraction of sp³-hybridized carbons (Fsp3) is 0.211. The molecule has 0 saturated carbocycles. The van der Waals surface area contributed by atoms with Crippen LogP contribution in [0.2, 0.25) is 5.02 Å². The van der Waals surface area contributed by atoms with Crippen LogP contribution in [0.15, 0.2) is 47.2 Å². The minimum Gasteiger partial charge on any atom is -0.324 e. The molecule has 1 aliphatic heterocycles. The molecular weight excluding hydrogens is 391 g/mol. The number of carbonyl (C=O) groups excluding carboxylic acids is 1. The third kappa shape index (κ3) is 3.55. The van der Waals surface area contributed by atoms with Crippen LogP contribution < -0.4 is 5.32 Å². The molecule has 0 unspecified atom stereocenters. The quantitative estimate of drug-likeness (QED) is 0.646. The highest BCUT2D eigenvalue weighted by molar-refractivity contribution is 7.10. The molecule has 0 bridgehead atoms. The van der Waals surface area contributed by atoms with Gasteiger partial charge >= 0.3 is 0 Å². The molecule has 3 heterocycles. The average Bonchev–Trinajstić information content (AvgIpc) is 3.28. The molecule has 1 atom stereocenters. The molecule has 1 aromatic carbocycles. The molecule has 3 aromatic rings. The van der Waals surface area contributed by atoms with Gasteiger partial charge in [0.1, 0.15) is 5.82 Å². The molecule has 0 fully saturated rings. The number of hydrogen-bond donors (Lipinski definition) is 1. The second-order valence-electron chi connectivity index (χ2n) is 6.11. The monoisotopic (exact) mass is 406 g/mol. The van der Waals surface area contributed by atoms with Crippen molar-refractivity contribution in [1.29, 1.82) is 0 Å². The van der Waals surface area contributed by atoms with Crippen LogP contribution in [-0.2, 0) is 11.2 Å². The summed E-state index contributed by atoms with van der Waals surface area (Å²) < 4.78 is 13.2. The van der Waals surface area contributed by atoms with Crippen molar-refractivity contribution in [3.63, 3.8) is 0 Å². The lowest BCUT2D eigenvalue weighted by molar-refractivity contribution is -0.117. The highest BCUT2D eigenvalue weighted by Gasteiger charge is 2.31. The van der Waals surface area contributed by atoms with Crippen LogP contribution in [0.4, 0.5) is 10.1 Å². The molecule has 1 N–H and O–H groups in total. The molecule has 0 aliphatic carbocycles. The largest absolute Gasteiger partial charge is 0.324 e. The minimum absolute atomic E-state index is 0.0967. The molecule has 2 aromatic heterocycles. The number of fused-ring (bicyclic) bond motifs is 1. The number of anilines is 1. The minimum atomic E-state index is -0.424. The summed E-state index contributed by atoms with van der Waals surface area (Å²) >= 11 is 9.49. The lowest BCUT2D eigenvalue weighted by Gasteiger charge is -2.34. The number of benzene rings is 1. The van der Waals surface area contributed by atoms with Gasteiger partial charge in [-0.3, -0.25) is 9.69 Å². The average molecular weight is 407 g/mol. The topological polar surface area (TPSA) is 32.3 Å². The standard InChI is InChI=1S/C19H16ClFN2OS2/c20-14-10-12(21)3-4-15(14)22-18(24)11-23-7-5-16-13(6-9-26-16)19(23)17-2-1-8-25-17/h1-4,6,8-10,19H,5,7,11H2,(H,22,24)/t19-/m1/s1. The number of nitrogens with one attached hydrogen (secondary N) is 1. The van der Waals surface area contributed by atoms with Gasteiger partial charge in [0.2, 0.25) is 5.91 Å². The molecule has 1 amide bonds. The van der Waals surface area contributed by atoms with Crippen molar-refractivity contribution in [3.05, 3.63) is 73.3 Å². The molecular formula is C19H16ClFN2OS2. The number of carbonyl (C=O) groups is 1. The number of amides is 1. The van der Waals surface area contributed by atoms with Gasteiger partial charge in [0.25, 0.3) is 0 Å². The highest BCUT2D eigenvalue weighted by atomic mass is 35.5. The van der Waals surface area contributed by atoms with E-state index in [2.05, 4.69) is 33.1 Å². The van der Waals surface area contributed by atoms with Gasteiger partial charge in [-0.25, -0.2) is 4.39 Å². The fourth-order valence-electron chi connectivity index (χ4n) is 3.28. The van der Waals surface area contributed by atoms with Gasteiger partial charge in [-0.1, -0.05) is 17.7 Å². The van der Waals surface area contributed by atoms with E-state index in [0.29, 0.717) is 5.69 Å².